The molecule has 3 heterocycles. The van der Waals surface area contributed by atoms with Crippen molar-refractivity contribution in [1.82, 2.24) is 24.3 Å². The van der Waals surface area contributed by atoms with Gasteiger partial charge in [-0.25, -0.2) is 19.0 Å². The first kappa shape index (κ1) is 21.7. The Morgan fingerprint density at radius 2 is 1.76 bits per heavy atom. The maximum Gasteiger partial charge on any atom is 0.357 e. The number of halogens is 1. The zero-order valence-electron chi connectivity index (χ0n) is 18.0. The highest BCUT2D eigenvalue weighted by Gasteiger charge is 2.22. The van der Waals surface area contributed by atoms with Crippen LogP contribution in [0.15, 0.2) is 74.7 Å². The van der Waals surface area contributed by atoms with Crippen LogP contribution in [-0.4, -0.2) is 36.0 Å². The van der Waals surface area contributed by atoms with E-state index in [1.54, 1.807) is 55.6 Å². The first-order chi connectivity index (χ1) is 16.4. The van der Waals surface area contributed by atoms with Crippen molar-refractivity contribution in [2.24, 2.45) is 7.05 Å². The van der Waals surface area contributed by atoms with E-state index in [2.05, 4.69) is 15.1 Å². The lowest BCUT2D eigenvalue weighted by Gasteiger charge is -2.12. The smallest absolute Gasteiger partial charge is 0.357 e. The Hall–Kier alpha value is -4.08. The average Bonchev–Trinajstić information content (AvgIpc) is 3.32. The third-order valence-electron chi connectivity index (χ3n) is 5.31. The summed E-state index contributed by atoms with van der Waals surface area (Å²) in [7, 11) is 1.58. The highest BCUT2D eigenvalue weighted by Crippen LogP contribution is 2.29. The van der Waals surface area contributed by atoms with Gasteiger partial charge in [-0.05, 0) is 48.4 Å². The lowest BCUT2D eigenvalue weighted by Crippen LogP contribution is -2.37. The van der Waals surface area contributed by atoms with Crippen LogP contribution in [0.4, 0.5) is 0 Å². The van der Waals surface area contributed by atoms with Crippen LogP contribution in [0.3, 0.4) is 0 Å². The monoisotopic (exact) mass is 475 g/mol. The maximum atomic E-state index is 13.3. The highest BCUT2D eigenvalue weighted by molar-refractivity contribution is 6.30. The molecule has 2 aliphatic rings. The molecule has 0 aliphatic carbocycles. The van der Waals surface area contributed by atoms with E-state index in [4.69, 9.17) is 21.1 Å². The predicted octanol–water partition coefficient (Wildman–Crippen LogP) is 2.94. The summed E-state index contributed by atoms with van der Waals surface area (Å²) in [6.07, 6.45) is 0.474. The van der Waals surface area contributed by atoms with Crippen LogP contribution in [0.25, 0.3) is 40.1 Å². The van der Waals surface area contributed by atoms with Crippen LogP contribution in [-0.2, 0) is 13.5 Å². The number of fused-ring (bicyclic) bond motifs is 1. The molecule has 1 aromatic heterocycles. The number of furan rings is 1. The molecule has 5 rings (SSSR count). The van der Waals surface area contributed by atoms with Crippen LogP contribution < -0.4 is 11.2 Å². The largest absolute Gasteiger partial charge is 0.453 e. The topological polar surface area (TPSA) is 116 Å². The van der Waals surface area contributed by atoms with Gasteiger partial charge in [0, 0.05) is 24.2 Å². The minimum Gasteiger partial charge on any atom is -0.453 e. The van der Waals surface area contributed by atoms with E-state index < -0.39 is 11.2 Å². The molecule has 0 fully saturated rings. The summed E-state index contributed by atoms with van der Waals surface area (Å²) in [5, 5.41) is 14.0. The van der Waals surface area contributed by atoms with Crippen molar-refractivity contribution in [2.45, 2.75) is 6.42 Å². The Labute approximate surface area is 197 Å². The third-order valence-corrected chi connectivity index (χ3v) is 5.54. The van der Waals surface area contributed by atoms with Gasteiger partial charge in [0.2, 0.25) is 5.82 Å². The van der Waals surface area contributed by atoms with Gasteiger partial charge in [-0.2, -0.15) is 4.98 Å². The molecule has 0 atom stereocenters. The second-order valence-electron chi connectivity index (χ2n) is 7.58. The van der Waals surface area contributed by atoms with E-state index in [1.165, 1.54) is 4.68 Å². The van der Waals surface area contributed by atoms with E-state index >= 15 is 0 Å². The second-order valence-corrected chi connectivity index (χ2v) is 8.02. The van der Waals surface area contributed by atoms with Gasteiger partial charge in [-0.1, -0.05) is 35.9 Å². The Morgan fingerprint density at radius 3 is 2.50 bits per heavy atom. The lowest BCUT2D eigenvalue weighted by atomic mass is 10.1. The molecule has 0 bridgehead atoms. The van der Waals surface area contributed by atoms with Gasteiger partial charge in [0.05, 0.1) is 5.69 Å². The molecular formula is C24H18ClN5O4. The minimum absolute atomic E-state index is 0.00559. The molecule has 0 spiro atoms. The number of aryl methyl sites for hydroxylation is 1. The molecular weight excluding hydrogens is 458 g/mol. The zero-order valence-corrected chi connectivity index (χ0v) is 18.7. The van der Waals surface area contributed by atoms with E-state index in [9.17, 15) is 9.59 Å². The fourth-order valence-corrected chi connectivity index (χ4v) is 3.84. The molecule has 0 unspecified atom stereocenters. The molecule has 1 N–H and O–H groups in total. The van der Waals surface area contributed by atoms with Crippen LogP contribution in [0.2, 0.25) is 5.02 Å². The Kier molecular flexibility index (Phi) is 5.56. The Bertz CT molecular complexity index is 1590. The molecule has 2 aromatic carbocycles. The van der Waals surface area contributed by atoms with Crippen molar-refractivity contribution in [3.63, 3.8) is 0 Å². The Balaban J connectivity index is 1.62. The van der Waals surface area contributed by atoms with Crippen molar-refractivity contribution >= 4 is 11.6 Å². The molecule has 9 nitrogen and oxygen atoms in total. The van der Waals surface area contributed by atoms with Crippen molar-refractivity contribution in [1.29, 1.82) is 0 Å². The van der Waals surface area contributed by atoms with Crippen LogP contribution in [0.5, 0.6) is 0 Å². The maximum absolute atomic E-state index is 13.3. The first-order valence-electron chi connectivity index (χ1n) is 10.4. The normalized spacial score (nSPS) is 11.3. The standard InChI is InChI=1S/C24H18ClN5O4/c1-29-22-20(23(32)30(24(33)27-22)17-7-5-14(6-8-17)11-12-31)26-21(28-29)19-10-9-18(34-19)15-3-2-4-16(25)13-15/h2-10,13,31H,11-12H2,1H3. The number of hydrogen-bond donors (Lipinski definition) is 1. The van der Waals surface area contributed by atoms with Gasteiger partial charge in [0.25, 0.3) is 5.56 Å². The minimum atomic E-state index is -0.736. The summed E-state index contributed by atoms with van der Waals surface area (Å²) in [4.78, 5) is 34.4. The molecule has 2 aliphatic heterocycles. The number of nitrogens with zero attached hydrogens (tertiary/aromatic N) is 5. The number of benzene rings is 2. The number of rotatable bonds is 5. The fourth-order valence-electron chi connectivity index (χ4n) is 3.65. The quantitative estimate of drug-likeness (QED) is 0.415. The molecule has 34 heavy (non-hydrogen) atoms. The lowest BCUT2D eigenvalue weighted by molar-refractivity contribution is 0.299. The van der Waals surface area contributed by atoms with Crippen LogP contribution >= 0.6 is 11.6 Å². The van der Waals surface area contributed by atoms with Gasteiger partial charge in [-0.15, -0.1) is 5.10 Å². The molecule has 0 amide bonds. The summed E-state index contributed by atoms with van der Waals surface area (Å²) in [5.74, 6) is 1.15. The molecule has 170 valence electrons. The van der Waals surface area contributed by atoms with E-state index in [1.807, 2.05) is 12.1 Å². The molecule has 3 aromatic rings. The SMILES string of the molecule is Cn1nc(-c2ccc(-c3cccc(Cl)c3)o2)nc2c(=O)n(-c3ccc(CCO)cc3)c(=O)nc1-2. The number of aliphatic hydroxyl groups is 1. The van der Waals surface area contributed by atoms with Gasteiger partial charge in [0.15, 0.2) is 17.3 Å². The van der Waals surface area contributed by atoms with E-state index in [-0.39, 0.29) is 23.9 Å². The number of hydrogen-bond acceptors (Lipinski definition) is 7. The van der Waals surface area contributed by atoms with Crippen molar-refractivity contribution in [3.05, 3.63) is 92.1 Å². The van der Waals surface area contributed by atoms with E-state index in [0.717, 1.165) is 15.7 Å². The van der Waals surface area contributed by atoms with E-state index in [0.29, 0.717) is 28.7 Å². The van der Waals surface area contributed by atoms with Gasteiger partial charge in [0.1, 0.15) is 5.76 Å². The third kappa shape index (κ3) is 3.91. The molecule has 0 saturated heterocycles. The molecule has 10 heteroatoms. The van der Waals surface area contributed by atoms with Gasteiger partial charge < -0.3 is 9.52 Å². The Morgan fingerprint density at radius 1 is 1.00 bits per heavy atom. The summed E-state index contributed by atoms with van der Waals surface area (Å²) in [6, 6.07) is 17.4. The fraction of sp³-hybridized carbons (Fsp3) is 0.125. The zero-order chi connectivity index (χ0) is 23.8. The average molecular weight is 476 g/mol. The molecule has 0 saturated carbocycles. The van der Waals surface area contributed by atoms with Gasteiger partial charge >= 0.3 is 5.69 Å². The van der Waals surface area contributed by atoms with Crippen molar-refractivity contribution in [2.75, 3.05) is 6.61 Å². The summed E-state index contributed by atoms with van der Waals surface area (Å²) >= 11 is 6.07. The van der Waals surface area contributed by atoms with Gasteiger partial charge in [-0.3, -0.25) is 4.79 Å². The van der Waals surface area contributed by atoms with Crippen LogP contribution in [0.1, 0.15) is 5.56 Å². The molecule has 0 radical (unpaired) electrons. The predicted molar refractivity (Wildman–Crippen MR) is 126 cm³/mol. The van der Waals surface area contributed by atoms with Crippen molar-refractivity contribution in [3.8, 4) is 40.1 Å². The highest BCUT2D eigenvalue weighted by atomic mass is 35.5. The van der Waals surface area contributed by atoms with Crippen LogP contribution in [0, 0.1) is 0 Å². The number of aliphatic hydroxyl groups excluding tert-OH is 1. The summed E-state index contributed by atoms with van der Waals surface area (Å²) in [6.45, 7) is 0.00559. The second kappa shape index (κ2) is 8.69. The van der Waals surface area contributed by atoms with Crippen molar-refractivity contribution < 1.29 is 9.52 Å². The number of aromatic nitrogens is 5. The first-order valence-corrected chi connectivity index (χ1v) is 10.8. The summed E-state index contributed by atoms with van der Waals surface area (Å²) in [5.41, 5.74) is 0.646. The summed E-state index contributed by atoms with van der Waals surface area (Å²) < 4.78 is 8.21.